The van der Waals surface area contributed by atoms with E-state index in [1.165, 1.54) is 0 Å². The Labute approximate surface area is 101 Å². The molecule has 2 aliphatic heterocycles. The highest BCUT2D eigenvalue weighted by Crippen LogP contribution is 2.25. The summed E-state index contributed by atoms with van der Waals surface area (Å²) >= 11 is 3.39. The summed E-state index contributed by atoms with van der Waals surface area (Å²) in [6, 6.07) is 7.94. The number of hydrazone groups is 1. The predicted molar refractivity (Wildman–Crippen MR) is 65.4 cm³/mol. The van der Waals surface area contributed by atoms with Crippen LogP contribution in [-0.4, -0.2) is 24.7 Å². The molecule has 0 spiro atoms. The summed E-state index contributed by atoms with van der Waals surface area (Å²) in [5.74, 6) is 0.223. The van der Waals surface area contributed by atoms with Crippen molar-refractivity contribution >= 4 is 33.2 Å². The van der Waals surface area contributed by atoms with Crippen LogP contribution in [0.25, 0.3) is 0 Å². The van der Waals surface area contributed by atoms with E-state index in [0.29, 0.717) is 12.3 Å². The van der Waals surface area contributed by atoms with Gasteiger partial charge in [0.05, 0.1) is 12.2 Å². The van der Waals surface area contributed by atoms with E-state index in [1.807, 2.05) is 29.3 Å². The van der Waals surface area contributed by atoms with Gasteiger partial charge in [0.1, 0.15) is 5.71 Å². The van der Waals surface area contributed by atoms with Crippen LogP contribution in [-0.2, 0) is 4.79 Å². The van der Waals surface area contributed by atoms with E-state index in [0.717, 1.165) is 16.7 Å². The molecule has 0 aromatic heterocycles. The number of anilines is 1. The summed E-state index contributed by atoms with van der Waals surface area (Å²) in [6.45, 7) is 1.50. The molecular weight excluding hydrogens is 270 g/mol. The minimum atomic E-state index is -0.0235. The highest BCUT2D eigenvalue weighted by atomic mass is 79.9. The average molecular weight is 280 g/mol. The van der Waals surface area contributed by atoms with Gasteiger partial charge >= 0.3 is 0 Å². The van der Waals surface area contributed by atoms with Crippen LogP contribution in [0.15, 0.2) is 33.8 Å². The molecule has 1 aromatic rings. The second-order valence-corrected chi connectivity index (χ2v) is 4.87. The topological polar surface area (TPSA) is 44.7 Å². The summed E-state index contributed by atoms with van der Waals surface area (Å²) < 4.78 is 1.04. The molecule has 1 N–H and O–H groups in total. The molecule has 0 saturated carbocycles. The van der Waals surface area contributed by atoms with Gasteiger partial charge in [0.2, 0.25) is 0 Å². The summed E-state index contributed by atoms with van der Waals surface area (Å²) in [7, 11) is 0. The zero-order valence-corrected chi connectivity index (χ0v) is 10.1. The van der Waals surface area contributed by atoms with Crippen molar-refractivity contribution in [3.63, 3.8) is 0 Å². The van der Waals surface area contributed by atoms with Gasteiger partial charge in [-0.2, -0.15) is 5.10 Å². The Morgan fingerprint density at radius 2 is 2.12 bits per heavy atom. The van der Waals surface area contributed by atoms with E-state index >= 15 is 0 Å². The van der Waals surface area contributed by atoms with Crippen LogP contribution in [0.3, 0.4) is 0 Å². The molecule has 2 heterocycles. The lowest BCUT2D eigenvalue weighted by Crippen LogP contribution is -2.22. The first-order chi connectivity index (χ1) is 7.74. The molecule has 1 aromatic carbocycles. The second kappa shape index (κ2) is 3.59. The summed E-state index contributed by atoms with van der Waals surface area (Å²) in [5, 5.41) is 9.05. The van der Waals surface area contributed by atoms with E-state index in [4.69, 9.17) is 0 Å². The third-order valence-electron chi connectivity index (χ3n) is 2.87. The number of nitrogens with one attached hydrogen (secondary N) is 1. The number of nitrogens with zero attached hydrogens (tertiary/aromatic N) is 2. The number of carbonyl (C=O) groups excluding carboxylic acids is 1. The largest absolute Gasteiger partial charge is 0.350 e. The standard InChI is InChI=1S/C11H10BrN3O/c12-8-1-3-9(4-2-8)15-6-7-5-13-11(16)10(7)14-15/h1-4,7H,5-6H2,(H,13,16). The van der Waals surface area contributed by atoms with E-state index in [-0.39, 0.29) is 11.8 Å². The van der Waals surface area contributed by atoms with Crippen LogP contribution in [0.1, 0.15) is 0 Å². The maximum absolute atomic E-state index is 11.4. The molecule has 1 unspecified atom stereocenters. The molecule has 1 saturated heterocycles. The molecule has 5 heteroatoms. The van der Waals surface area contributed by atoms with Crippen LogP contribution in [0.4, 0.5) is 5.69 Å². The van der Waals surface area contributed by atoms with Gasteiger partial charge in [-0.25, -0.2) is 0 Å². The predicted octanol–water partition coefficient (Wildman–Crippen LogP) is 1.37. The SMILES string of the molecule is O=C1NCC2CN(c3ccc(Br)cc3)N=C12. The van der Waals surface area contributed by atoms with Crippen molar-refractivity contribution in [3.8, 4) is 0 Å². The summed E-state index contributed by atoms with van der Waals surface area (Å²) in [6.07, 6.45) is 0. The molecule has 82 valence electrons. The van der Waals surface area contributed by atoms with E-state index in [1.54, 1.807) is 0 Å². The maximum atomic E-state index is 11.4. The molecule has 16 heavy (non-hydrogen) atoms. The van der Waals surface area contributed by atoms with Gasteiger partial charge in [-0.15, -0.1) is 0 Å². The first kappa shape index (κ1) is 9.84. The molecular formula is C11H10BrN3O. The van der Waals surface area contributed by atoms with E-state index in [9.17, 15) is 4.79 Å². The fourth-order valence-electron chi connectivity index (χ4n) is 2.02. The number of carbonyl (C=O) groups is 1. The first-order valence-electron chi connectivity index (χ1n) is 5.14. The van der Waals surface area contributed by atoms with Crippen LogP contribution < -0.4 is 10.3 Å². The number of benzene rings is 1. The smallest absolute Gasteiger partial charge is 0.267 e. The Balaban J connectivity index is 1.89. The number of hydrogen-bond acceptors (Lipinski definition) is 3. The van der Waals surface area contributed by atoms with Crippen molar-refractivity contribution in [2.75, 3.05) is 18.1 Å². The van der Waals surface area contributed by atoms with Gasteiger partial charge in [0, 0.05) is 16.9 Å². The lowest BCUT2D eigenvalue weighted by molar-refractivity contribution is -0.113. The molecule has 4 nitrogen and oxygen atoms in total. The van der Waals surface area contributed by atoms with Crippen molar-refractivity contribution < 1.29 is 4.79 Å². The van der Waals surface area contributed by atoms with Crippen molar-refractivity contribution in [1.29, 1.82) is 0 Å². The Morgan fingerprint density at radius 1 is 1.38 bits per heavy atom. The molecule has 1 amide bonds. The number of amides is 1. The lowest BCUT2D eigenvalue weighted by atomic mass is 10.1. The first-order valence-corrected chi connectivity index (χ1v) is 5.93. The molecule has 0 bridgehead atoms. The van der Waals surface area contributed by atoms with Crippen LogP contribution in [0.5, 0.6) is 0 Å². The quantitative estimate of drug-likeness (QED) is 0.844. The molecule has 2 aliphatic rings. The van der Waals surface area contributed by atoms with Crippen LogP contribution in [0.2, 0.25) is 0 Å². The fraction of sp³-hybridized carbons (Fsp3) is 0.273. The summed E-state index contributed by atoms with van der Waals surface area (Å²) in [5.41, 5.74) is 1.70. The van der Waals surface area contributed by atoms with Crippen LogP contribution in [0, 0.1) is 5.92 Å². The highest BCUT2D eigenvalue weighted by Gasteiger charge is 2.37. The third kappa shape index (κ3) is 1.51. The van der Waals surface area contributed by atoms with Gasteiger partial charge in [0.25, 0.3) is 5.91 Å². The molecule has 3 rings (SSSR count). The fourth-order valence-corrected chi connectivity index (χ4v) is 2.29. The number of rotatable bonds is 1. The second-order valence-electron chi connectivity index (χ2n) is 3.95. The molecule has 1 fully saturated rings. The van der Waals surface area contributed by atoms with E-state index in [2.05, 4.69) is 26.3 Å². The number of halogens is 1. The van der Waals surface area contributed by atoms with Crippen molar-refractivity contribution in [2.45, 2.75) is 0 Å². The Bertz CT molecular complexity index is 469. The van der Waals surface area contributed by atoms with Gasteiger partial charge in [0.15, 0.2) is 0 Å². The zero-order chi connectivity index (χ0) is 11.1. The van der Waals surface area contributed by atoms with Crippen LogP contribution >= 0.6 is 15.9 Å². The maximum Gasteiger partial charge on any atom is 0.267 e. The van der Waals surface area contributed by atoms with Gasteiger partial charge in [-0.1, -0.05) is 15.9 Å². The minimum Gasteiger partial charge on any atom is -0.350 e. The van der Waals surface area contributed by atoms with Crippen molar-refractivity contribution in [1.82, 2.24) is 5.32 Å². The Morgan fingerprint density at radius 3 is 2.81 bits per heavy atom. The third-order valence-corrected chi connectivity index (χ3v) is 3.40. The molecule has 0 radical (unpaired) electrons. The van der Waals surface area contributed by atoms with Crippen molar-refractivity contribution in [3.05, 3.63) is 28.7 Å². The van der Waals surface area contributed by atoms with Gasteiger partial charge < -0.3 is 5.32 Å². The number of hydrogen-bond donors (Lipinski definition) is 1. The lowest BCUT2D eigenvalue weighted by Gasteiger charge is -2.15. The Hall–Kier alpha value is -1.36. The normalized spacial score (nSPS) is 23.1. The van der Waals surface area contributed by atoms with Gasteiger partial charge in [-0.05, 0) is 24.3 Å². The van der Waals surface area contributed by atoms with Gasteiger partial charge in [-0.3, -0.25) is 9.80 Å². The molecule has 0 aliphatic carbocycles. The number of fused-ring (bicyclic) bond motifs is 1. The zero-order valence-electron chi connectivity index (χ0n) is 8.48. The van der Waals surface area contributed by atoms with E-state index < -0.39 is 0 Å². The highest BCUT2D eigenvalue weighted by molar-refractivity contribution is 9.10. The summed E-state index contributed by atoms with van der Waals surface area (Å²) in [4.78, 5) is 11.4. The molecule has 1 atom stereocenters. The Kier molecular flexibility index (Phi) is 2.21. The minimum absolute atomic E-state index is 0.0235. The van der Waals surface area contributed by atoms with Crippen molar-refractivity contribution in [2.24, 2.45) is 11.0 Å². The average Bonchev–Trinajstić information content (AvgIpc) is 2.83. The monoisotopic (exact) mass is 279 g/mol.